The van der Waals surface area contributed by atoms with Gasteiger partial charge >= 0.3 is 0 Å². The number of aliphatic hydroxyl groups is 1. The van der Waals surface area contributed by atoms with Crippen molar-refractivity contribution < 1.29 is 19.4 Å². The third kappa shape index (κ3) is 5.90. The van der Waals surface area contributed by atoms with Crippen molar-refractivity contribution in [1.29, 1.82) is 0 Å². The molecular formula is C31H35N3O4. The van der Waals surface area contributed by atoms with Gasteiger partial charge in [0, 0.05) is 38.1 Å². The van der Waals surface area contributed by atoms with Gasteiger partial charge < -0.3 is 14.6 Å². The minimum Gasteiger partial charge on any atom is -0.494 e. The summed E-state index contributed by atoms with van der Waals surface area (Å²) in [5.41, 5.74) is 4.71. The fraction of sp³-hybridized carbons (Fsp3) is 0.355. The number of aliphatic hydroxyl groups excluding tert-OH is 1. The van der Waals surface area contributed by atoms with Gasteiger partial charge in [0.25, 0.3) is 5.91 Å². The highest BCUT2D eigenvalue weighted by Gasteiger charge is 2.53. The Labute approximate surface area is 224 Å². The average molecular weight is 514 g/mol. The molecule has 2 heterocycles. The number of rotatable bonds is 10. The fourth-order valence-electron chi connectivity index (χ4n) is 5.06. The highest BCUT2D eigenvalue weighted by atomic mass is 16.5. The number of amides is 1. The predicted molar refractivity (Wildman–Crippen MR) is 147 cm³/mol. The van der Waals surface area contributed by atoms with Crippen LogP contribution in [0.5, 0.6) is 5.75 Å². The summed E-state index contributed by atoms with van der Waals surface area (Å²) in [6.07, 6.45) is 3.68. The van der Waals surface area contributed by atoms with Crippen molar-refractivity contribution in [1.82, 2.24) is 10.4 Å². The average Bonchev–Trinajstić information content (AvgIpc) is 3.35. The molecule has 0 saturated carbocycles. The van der Waals surface area contributed by atoms with Crippen LogP contribution in [-0.2, 0) is 16.0 Å². The standard InChI is InChI=1S/C31H35N3O4/c35-21-10-22-37-27-17-15-26(16-18-27)29-32-31(23-24-11-4-1-5-12-24,28(38-29)25-13-6-2-7-14-25)30(36)33-34-19-8-3-9-20-34/h1-2,4-7,11-18,28,35H,3,8-10,19-23H2,(H,33,36)/t28-,31-/m0/s1. The molecule has 38 heavy (non-hydrogen) atoms. The Balaban J connectivity index is 1.52. The Morgan fingerprint density at radius 3 is 2.34 bits per heavy atom. The van der Waals surface area contributed by atoms with Crippen molar-refractivity contribution in [2.45, 2.75) is 43.7 Å². The fourth-order valence-corrected chi connectivity index (χ4v) is 5.06. The number of aliphatic imine (C=N–C) groups is 1. The van der Waals surface area contributed by atoms with Gasteiger partial charge in [-0.3, -0.25) is 10.2 Å². The molecule has 0 aliphatic carbocycles. The normalized spacial score (nSPS) is 21.4. The number of hydrazine groups is 1. The van der Waals surface area contributed by atoms with E-state index in [0.717, 1.165) is 42.6 Å². The molecule has 0 aromatic heterocycles. The maximum atomic E-state index is 14.2. The van der Waals surface area contributed by atoms with Crippen molar-refractivity contribution in [2.75, 3.05) is 26.3 Å². The Morgan fingerprint density at radius 2 is 1.66 bits per heavy atom. The minimum atomic E-state index is -1.19. The molecule has 1 fully saturated rings. The van der Waals surface area contributed by atoms with Crippen LogP contribution >= 0.6 is 0 Å². The number of benzene rings is 3. The first-order chi connectivity index (χ1) is 18.7. The smallest absolute Gasteiger partial charge is 0.266 e. The zero-order valence-corrected chi connectivity index (χ0v) is 21.6. The largest absolute Gasteiger partial charge is 0.494 e. The van der Waals surface area contributed by atoms with Gasteiger partial charge in [-0.25, -0.2) is 10.0 Å². The molecule has 1 amide bonds. The number of nitrogens with zero attached hydrogens (tertiary/aromatic N) is 2. The summed E-state index contributed by atoms with van der Waals surface area (Å²) in [4.78, 5) is 19.3. The first-order valence-electron chi connectivity index (χ1n) is 13.4. The van der Waals surface area contributed by atoms with E-state index in [4.69, 9.17) is 19.6 Å². The molecule has 3 aromatic rings. The van der Waals surface area contributed by atoms with E-state index in [2.05, 4.69) is 5.43 Å². The third-order valence-corrected chi connectivity index (χ3v) is 7.06. The number of piperidine rings is 1. The van der Waals surface area contributed by atoms with Crippen molar-refractivity contribution in [2.24, 2.45) is 4.99 Å². The van der Waals surface area contributed by atoms with Crippen LogP contribution in [0.4, 0.5) is 0 Å². The molecule has 2 aliphatic rings. The zero-order chi connectivity index (χ0) is 26.2. The topological polar surface area (TPSA) is 83.4 Å². The van der Waals surface area contributed by atoms with Gasteiger partial charge in [-0.05, 0) is 48.2 Å². The SMILES string of the molecule is O=C(NN1CCCCC1)[C@@]1(Cc2ccccc2)N=C(c2ccc(OCCCO)cc2)O[C@H]1c1ccccc1. The van der Waals surface area contributed by atoms with Crippen LogP contribution in [0.3, 0.4) is 0 Å². The number of carbonyl (C=O) groups excluding carboxylic acids is 1. The van der Waals surface area contributed by atoms with Crippen LogP contribution in [0.1, 0.15) is 48.5 Å². The van der Waals surface area contributed by atoms with E-state index in [0.29, 0.717) is 31.1 Å². The molecule has 3 aromatic carbocycles. The summed E-state index contributed by atoms with van der Waals surface area (Å²) in [5, 5.41) is 11.0. The second kappa shape index (κ2) is 12.2. The van der Waals surface area contributed by atoms with Crippen LogP contribution < -0.4 is 10.2 Å². The van der Waals surface area contributed by atoms with Crippen molar-refractivity contribution in [3.8, 4) is 5.75 Å². The van der Waals surface area contributed by atoms with E-state index < -0.39 is 11.6 Å². The van der Waals surface area contributed by atoms with Gasteiger partial charge in [-0.1, -0.05) is 67.1 Å². The van der Waals surface area contributed by atoms with E-state index in [1.54, 1.807) is 0 Å². The Morgan fingerprint density at radius 1 is 0.974 bits per heavy atom. The summed E-state index contributed by atoms with van der Waals surface area (Å²) >= 11 is 0. The highest BCUT2D eigenvalue weighted by Crippen LogP contribution is 2.42. The molecule has 0 spiro atoms. The third-order valence-electron chi connectivity index (χ3n) is 7.06. The van der Waals surface area contributed by atoms with Crippen LogP contribution in [0.15, 0.2) is 89.9 Å². The van der Waals surface area contributed by atoms with Crippen molar-refractivity contribution in [3.63, 3.8) is 0 Å². The molecule has 0 bridgehead atoms. The number of ether oxygens (including phenoxy) is 2. The lowest BCUT2D eigenvalue weighted by Gasteiger charge is -2.34. The quantitative estimate of drug-likeness (QED) is 0.391. The van der Waals surface area contributed by atoms with Gasteiger partial charge in [-0.2, -0.15) is 0 Å². The van der Waals surface area contributed by atoms with E-state index in [1.165, 1.54) is 6.42 Å². The van der Waals surface area contributed by atoms with E-state index in [9.17, 15) is 4.79 Å². The lowest BCUT2D eigenvalue weighted by molar-refractivity contribution is -0.134. The highest BCUT2D eigenvalue weighted by molar-refractivity contribution is 6.01. The lowest BCUT2D eigenvalue weighted by atomic mass is 9.82. The summed E-state index contributed by atoms with van der Waals surface area (Å²) in [6.45, 7) is 2.20. The van der Waals surface area contributed by atoms with Gasteiger partial charge in [0.1, 0.15) is 5.75 Å². The Bertz CT molecular complexity index is 1210. The summed E-state index contributed by atoms with van der Waals surface area (Å²) in [6, 6.07) is 27.4. The molecule has 0 unspecified atom stereocenters. The monoisotopic (exact) mass is 513 g/mol. The molecule has 198 valence electrons. The second-order valence-electron chi connectivity index (χ2n) is 9.85. The first-order valence-corrected chi connectivity index (χ1v) is 13.4. The van der Waals surface area contributed by atoms with Crippen molar-refractivity contribution in [3.05, 3.63) is 102 Å². The predicted octanol–water partition coefficient (Wildman–Crippen LogP) is 4.46. The maximum absolute atomic E-state index is 14.2. The first kappa shape index (κ1) is 25.9. The Kier molecular flexibility index (Phi) is 8.36. The zero-order valence-electron chi connectivity index (χ0n) is 21.6. The van der Waals surface area contributed by atoms with Crippen molar-refractivity contribution >= 4 is 11.8 Å². The molecule has 0 radical (unpaired) electrons. The summed E-state index contributed by atoms with van der Waals surface area (Å²) < 4.78 is 12.3. The molecular weight excluding hydrogens is 478 g/mol. The molecule has 2 N–H and O–H groups in total. The molecule has 1 saturated heterocycles. The summed E-state index contributed by atoms with van der Waals surface area (Å²) in [5.74, 6) is 0.986. The molecule has 2 atom stereocenters. The van der Waals surface area contributed by atoms with Crippen LogP contribution in [0.2, 0.25) is 0 Å². The van der Waals surface area contributed by atoms with E-state index >= 15 is 0 Å². The maximum Gasteiger partial charge on any atom is 0.266 e. The molecule has 7 nitrogen and oxygen atoms in total. The number of carbonyl (C=O) groups is 1. The van der Waals surface area contributed by atoms with Gasteiger partial charge in [0.05, 0.1) is 6.61 Å². The molecule has 7 heteroatoms. The summed E-state index contributed by atoms with van der Waals surface area (Å²) in [7, 11) is 0. The second-order valence-corrected chi connectivity index (χ2v) is 9.85. The number of hydrogen-bond acceptors (Lipinski definition) is 6. The van der Waals surface area contributed by atoms with Gasteiger partial charge in [0.15, 0.2) is 11.6 Å². The van der Waals surface area contributed by atoms with E-state index in [1.807, 2.05) is 89.9 Å². The van der Waals surface area contributed by atoms with Crippen LogP contribution in [0, 0.1) is 0 Å². The van der Waals surface area contributed by atoms with E-state index in [-0.39, 0.29) is 12.5 Å². The Hall–Kier alpha value is -3.68. The van der Waals surface area contributed by atoms with Crippen LogP contribution in [-0.4, -0.2) is 53.8 Å². The molecule has 2 aliphatic heterocycles. The number of hydrogen-bond donors (Lipinski definition) is 2. The minimum absolute atomic E-state index is 0.0899. The number of nitrogens with one attached hydrogen (secondary N) is 1. The van der Waals surface area contributed by atoms with Gasteiger partial charge in [-0.15, -0.1) is 0 Å². The van der Waals surface area contributed by atoms with Gasteiger partial charge in [0.2, 0.25) is 5.90 Å². The van der Waals surface area contributed by atoms with Crippen LogP contribution in [0.25, 0.3) is 0 Å². The molecule has 5 rings (SSSR count). The lowest BCUT2D eigenvalue weighted by Crippen LogP contribution is -2.56.